The molecule has 68 valence electrons. The van der Waals surface area contributed by atoms with Crippen molar-refractivity contribution in [3.63, 3.8) is 0 Å². The van der Waals surface area contributed by atoms with E-state index >= 15 is 0 Å². The molecule has 0 aliphatic heterocycles. The molecule has 0 unspecified atom stereocenters. The Morgan fingerprint density at radius 1 is 1.54 bits per heavy atom. The highest BCUT2D eigenvalue weighted by Crippen LogP contribution is 2.08. The van der Waals surface area contributed by atoms with Gasteiger partial charge in [-0.2, -0.15) is 0 Å². The van der Waals surface area contributed by atoms with Crippen molar-refractivity contribution in [2.75, 3.05) is 6.54 Å². The van der Waals surface area contributed by atoms with Gasteiger partial charge < -0.3 is 5.32 Å². The molecule has 0 radical (unpaired) electrons. The maximum atomic E-state index is 5.12. The van der Waals surface area contributed by atoms with Crippen molar-refractivity contribution in [3.05, 3.63) is 28.5 Å². The van der Waals surface area contributed by atoms with Crippen molar-refractivity contribution >= 4 is 15.9 Å². The van der Waals surface area contributed by atoms with Gasteiger partial charge in [0.05, 0.1) is 0 Å². The van der Waals surface area contributed by atoms with Crippen LogP contribution in [-0.2, 0) is 6.54 Å². The summed E-state index contributed by atoms with van der Waals surface area (Å²) in [7, 11) is 0. The van der Waals surface area contributed by atoms with Crippen molar-refractivity contribution in [1.29, 1.82) is 0 Å². The highest BCUT2D eigenvalue weighted by atomic mass is 79.9. The molecule has 0 saturated carbocycles. The average Bonchev–Trinajstić information content (AvgIpc) is 2.13. The Bertz CT molecular complexity index is 304. The van der Waals surface area contributed by atoms with Gasteiger partial charge >= 0.3 is 0 Å². The number of hydrogen-bond donors (Lipinski definition) is 1. The van der Waals surface area contributed by atoms with Gasteiger partial charge in [0.15, 0.2) is 0 Å². The predicted molar refractivity (Wildman–Crippen MR) is 57.1 cm³/mol. The van der Waals surface area contributed by atoms with Crippen LogP contribution in [0, 0.1) is 12.3 Å². The monoisotopic (exact) mass is 238 g/mol. The quantitative estimate of drug-likeness (QED) is 0.641. The second-order valence-electron chi connectivity index (χ2n) is 2.64. The van der Waals surface area contributed by atoms with E-state index < -0.39 is 0 Å². The van der Waals surface area contributed by atoms with Gasteiger partial charge in [0.25, 0.3) is 0 Å². The van der Waals surface area contributed by atoms with Gasteiger partial charge in [-0.15, -0.1) is 12.3 Å². The van der Waals surface area contributed by atoms with Crippen LogP contribution in [0.1, 0.15) is 12.0 Å². The van der Waals surface area contributed by atoms with Gasteiger partial charge in [-0.25, -0.2) is 0 Å². The van der Waals surface area contributed by atoms with E-state index in [0.29, 0.717) is 0 Å². The van der Waals surface area contributed by atoms with E-state index in [1.165, 1.54) is 0 Å². The number of halogens is 1. The molecule has 0 atom stereocenters. The SMILES string of the molecule is C#CCCNCc1cncc(Br)c1. The number of hydrogen-bond acceptors (Lipinski definition) is 2. The first-order chi connectivity index (χ1) is 6.33. The Hall–Kier alpha value is -0.850. The van der Waals surface area contributed by atoms with E-state index in [0.717, 1.165) is 29.5 Å². The standard InChI is InChI=1S/C10H11BrN2/c1-2-3-4-12-6-9-5-10(11)8-13-7-9/h1,5,7-8,12H,3-4,6H2. The molecule has 0 saturated heterocycles. The van der Waals surface area contributed by atoms with Crippen LogP contribution in [0.4, 0.5) is 0 Å². The third kappa shape index (κ3) is 4.07. The van der Waals surface area contributed by atoms with Crippen LogP contribution >= 0.6 is 15.9 Å². The summed E-state index contributed by atoms with van der Waals surface area (Å²) in [6.45, 7) is 1.66. The second-order valence-corrected chi connectivity index (χ2v) is 3.56. The summed E-state index contributed by atoms with van der Waals surface area (Å²) < 4.78 is 1.00. The molecule has 13 heavy (non-hydrogen) atoms. The van der Waals surface area contributed by atoms with Gasteiger partial charge in [0.2, 0.25) is 0 Å². The van der Waals surface area contributed by atoms with Gasteiger partial charge in [-0.1, -0.05) is 0 Å². The summed E-state index contributed by atoms with van der Waals surface area (Å²) in [5.41, 5.74) is 1.16. The summed E-state index contributed by atoms with van der Waals surface area (Å²) in [5.74, 6) is 2.58. The topological polar surface area (TPSA) is 24.9 Å². The zero-order valence-electron chi connectivity index (χ0n) is 7.26. The fraction of sp³-hybridized carbons (Fsp3) is 0.300. The lowest BCUT2D eigenvalue weighted by Gasteiger charge is -2.02. The van der Waals surface area contributed by atoms with Crippen molar-refractivity contribution in [2.24, 2.45) is 0 Å². The fourth-order valence-electron chi connectivity index (χ4n) is 0.946. The summed E-state index contributed by atoms with van der Waals surface area (Å²) in [5, 5.41) is 3.23. The Labute approximate surface area is 86.9 Å². The maximum Gasteiger partial charge on any atom is 0.0410 e. The first kappa shape index (κ1) is 10.2. The van der Waals surface area contributed by atoms with Gasteiger partial charge in [-0.3, -0.25) is 4.98 Å². The van der Waals surface area contributed by atoms with Crippen molar-refractivity contribution in [2.45, 2.75) is 13.0 Å². The molecule has 0 aliphatic carbocycles. The maximum absolute atomic E-state index is 5.12. The lowest BCUT2D eigenvalue weighted by atomic mass is 10.3. The minimum absolute atomic E-state index is 0.765. The lowest BCUT2D eigenvalue weighted by Crippen LogP contribution is -2.14. The third-order valence-corrected chi connectivity index (χ3v) is 1.97. The molecule has 0 aromatic carbocycles. The van der Waals surface area contributed by atoms with E-state index in [1.807, 2.05) is 12.3 Å². The van der Waals surface area contributed by atoms with E-state index in [9.17, 15) is 0 Å². The molecule has 1 rings (SSSR count). The van der Waals surface area contributed by atoms with Crippen LogP contribution in [0.2, 0.25) is 0 Å². The van der Waals surface area contributed by atoms with Crippen LogP contribution in [0.5, 0.6) is 0 Å². The van der Waals surface area contributed by atoms with E-state index in [1.54, 1.807) is 6.20 Å². The van der Waals surface area contributed by atoms with Crippen LogP contribution in [-0.4, -0.2) is 11.5 Å². The molecule has 0 fully saturated rings. The Morgan fingerprint density at radius 2 is 2.38 bits per heavy atom. The fourth-order valence-corrected chi connectivity index (χ4v) is 1.36. The summed E-state index contributed by atoms with van der Waals surface area (Å²) >= 11 is 3.36. The largest absolute Gasteiger partial charge is 0.312 e. The molecular weight excluding hydrogens is 228 g/mol. The summed E-state index contributed by atoms with van der Waals surface area (Å²) in [6.07, 6.45) is 9.50. The molecule has 1 N–H and O–H groups in total. The predicted octanol–water partition coefficient (Wildman–Crippen LogP) is 1.96. The highest BCUT2D eigenvalue weighted by molar-refractivity contribution is 9.10. The molecule has 3 heteroatoms. The third-order valence-electron chi connectivity index (χ3n) is 1.54. The van der Waals surface area contributed by atoms with Gasteiger partial charge in [-0.05, 0) is 27.6 Å². The van der Waals surface area contributed by atoms with Crippen LogP contribution in [0.25, 0.3) is 0 Å². The number of rotatable bonds is 4. The number of nitrogens with one attached hydrogen (secondary N) is 1. The number of aromatic nitrogens is 1. The average molecular weight is 239 g/mol. The van der Waals surface area contributed by atoms with Crippen molar-refractivity contribution < 1.29 is 0 Å². The Morgan fingerprint density at radius 3 is 3.08 bits per heavy atom. The number of pyridine rings is 1. The number of nitrogens with zero attached hydrogens (tertiary/aromatic N) is 1. The van der Waals surface area contributed by atoms with Crippen LogP contribution < -0.4 is 5.32 Å². The first-order valence-corrected chi connectivity index (χ1v) is 4.86. The minimum atomic E-state index is 0.765. The second kappa shape index (κ2) is 5.74. The Balaban J connectivity index is 2.33. The molecule has 2 nitrogen and oxygen atoms in total. The van der Waals surface area contributed by atoms with E-state index in [4.69, 9.17) is 6.42 Å². The number of terminal acetylenes is 1. The molecular formula is C10H11BrN2. The smallest absolute Gasteiger partial charge is 0.0410 e. The highest BCUT2D eigenvalue weighted by Gasteiger charge is 1.93. The first-order valence-electron chi connectivity index (χ1n) is 4.06. The summed E-state index contributed by atoms with van der Waals surface area (Å²) in [4.78, 5) is 4.06. The molecule has 0 bridgehead atoms. The molecule has 1 aromatic heterocycles. The zero-order valence-corrected chi connectivity index (χ0v) is 8.84. The van der Waals surface area contributed by atoms with Crippen LogP contribution in [0.3, 0.4) is 0 Å². The molecule has 0 amide bonds. The van der Waals surface area contributed by atoms with Gasteiger partial charge in [0, 0.05) is 36.4 Å². The van der Waals surface area contributed by atoms with E-state index in [-0.39, 0.29) is 0 Å². The van der Waals surface area contributed by atoms with Crippen molar-refractivity contribution in [3.8, 4) is 12.3 Å². The van der Waals surface area contributed by atoms with Gasteiger partial charge in [0.1, 0.15) is 0 Å². The van der Waals surface area contributed by atoms with Crippen LogP contribution in [0.15, 0.2) is 22.9 Å². The molecule has 1 heterocycles. The minimum Gasteiger partial charge on any atom is -0.312 e. The van der Waals surface area contributed by atoms with Crippen molar-refractivity contribution in [1.82, 2.24) is 10.3 Å². The molecule has 0 aliphatic rings. The summed E-state index contributed by atoms with van der Waals surface area (Å²) in [6, 6.07) is 2.04. The lowest BCUT2D eigenvalue weighted by molar-refractivity contribution is 0.699. The Kier molecular flexibility index (Phi) is 4.52. The van der Waals surface area contributed by atoms with E-state index in [2.05, 4.69) is 32.2 Å². The zero-order chi connectivity index (χ0) is 9.52. The molecule has 0 spiro atoms. The molecule has 1 aromatic rings. The normalized spacial score (nSPS) is 9.54.